The van der Waals surface area contributed by atoms with Crippen molar-refractivity contribution >= 4 is 25.8 Å². The predicted octanol–water partition coefficient (Wildman–Crippen LogP) is 3.49. The molecule has 2 rings (SSSR count). The molecule has 0 amide bonds. The van der Waals surface area contributed by atoms with Gasteiger partial charge in [0.05, 0.1) is 10.1 Å². The molecule has 1 aromatic rings. The van der Waals surface area contributed by atoms with E-state index in [0.29, 0.717) is 11.4 Å². The molecule has 20 heavy (non-hydrogen) atoms. The van der Waals surface area contributed by atoms with Crippen LogP contribution in [0.25, 0.3) is 0 Å². The molecule has 1 aliphatic rings. The summed E-state index contributed by atoms with van der Waals surface area (Å²) in [5, 5.41) is -0.295. The minimum atomic E-state index is -3.23. The summed E-state index contributed by atoms with van der Waals surface area (Å²) in [6.07, 6.45) is 1.70. The number of rotatable bonds is 2. The second kappa shape index (κ2) is 5.78. The second-order valence-corrected chi connectivity index (χ2v) is 9.52. The van der Waals surface area contributed by atoms with Gasteiger partial charge in [-0.05, 0) is 64.4 Å². The zero-order valence-electron chi connectivity index (χ0n) is 12.3. The molecule has 0 saturated carbocycles. The molecule has 5 heteroatoms. The van der Waals surface area contributed by atoms with Gasteiger partial charge in [0.2, 0.25) is 0 Å². The lowest BCUT2D eigenvalue weighted by molar-refractivity contribution is 0.112. The van der Waals surface area contributed by atoms with Crippen LogP contribution in [0.5, 0.6) is 0 Å². The third kappa shape index (κ3) is 3.43. The molecule has 1 unspecified atom stereocenters. The first-order chi connectivity index (χ1) is 9.21. The normalized spacial score (nSPS) is 21.9. The van der Waals surface area contributed by atoms with Gasteiger partial charge in [-0.15, -0.1) is 0 Å². The smallest absolute Gasteiger partial charge is 0.182 e. The van der Waals surface area contributed by atoms with Gasteiger partial charge in [0, 0.05) is 16.6 Å². The summed E-state index contributed by atoms with van der Waals surface area (Å²) >= 11 is 3.34. The minimum absolute atomic E-state index is 0.0217. The van der Waals surface area contributed by atoms with Gasteiger partial charge in [-0.3, -0.25) is 4.90 Å². The van der Waals surface area contributed by atoms with Crippen molar-refractivity contribution in [1.29, 1.82) is 0 Å². The van der Waals surface area contributed by atoms with Crippen molar-refractivity contribution in [3.8, 4) is 0 Å². The van der Waals surface area contributed by atoms with Crippen molar-refractivity contribution in [2.75, 3.05) is 13.1 Å². The van der Waals surface area contributed by atoms with Crippen molar-refractivity contribution in [2.45, 2.75) is 49.3 Å². The van der Waals surface area contributed by atoms with E-state index in [2.05, 4.69) is 41.6 Å². The van der Waals surface area contributed by atoms with E-state index in [4.69, 9.17) is 0 Å². The molecular formula is C15H22BrNO2S. The van der Waals surface area contributed by atoms with Gasteiger partial charge >= 0.3 is 0 Å². The van der Waals surface area contributed by atoms with Crippen LogP contribution in [0.15, 0.2) is 33.6 Å². The average molecular weight is 360 g/mol. The number of sulfone groups is 1. The summed E-state index contributed by atoms with van der Waals surface area (Å²) in [5.41, 5.74) is 0.0217. The molecule has 1 aliphatic heterocycles. The molecule has 0 aliphatic carbocycles. The zero-order chi connectivity index (χ0) is 15.0. The molecule has 1 saturated heterocycles. The van der Waals surface area contributed by atoms with Gasteiger partial charge in [-0.25, -0.2) is 8.42 Å². The van der Waals surface area contributed by atoms with E-state index in [1.54, 1.807) is 24.3 Å². The highest BCUT2D eigenvalue weighted by Gasteiger charge is 2.35. The van der Waals surface area contributed by atoms with Crippen LogP contribution in [-0.2, 0) is 9.84 Å². The van der Waals surface area contributed by atoms with E-state index in [0.717, 1.165) is 23.9 Å². The lowest BCUT2D eigenvalue weighted by Gasteiger charge is -2.41. The number of halogens is 1. The molecule has 112 valence electrons. The van der Waals surface area contributed by atoms with Crippen molar-refractivity contribution in [3.05, 3.63) is 28.7 Å². The first-order valence-corrected chi connectivity index (χ1v) is 9.30. The van der Waals surface area contributed by atoms with E-state index in [1.165, 1.54) is 0 Å². The van der Waals surface area contributed by atoms with E-state index < -0.39 is 9.84 Å². The third-order valence-corrected chi connectivity index (χ3v) is 6.63. The second-order valence-electron chi connectivity index (χ2n) is 6.38. The molecule has 0 bridgehead atoms. The lowest BCUT2D eigenvalue weighted by Crippen LogP contribution is -2.50. The van der Waals surface area contributed by atoms with E-state index >= 15 is 0 Å². The number of piperidine rings is 1. The fraction of sp³-hybridized carbons (Fsp3) is 0.600. The quantitative estimate of drug-likeness (QED) is 0.810. The topological polar surface area (TPSA) is 37.4 Å². The molecule has 1 aromatic carbocycles. The highest BCUT2D eigenvalue weighted by molar-refractivity contribution is 9.10. The summed E-state index contributed by atoms with van der Waals surface area (Å²) in [7, 11) is -3.23. The summed E-state index contributed by atoms with van der Waals surface area (Å²) in [5.74, 6) is 0. The molecule has 0 aromatic heterocycles. The van der Waals surface area contributed by atoms with Crippen LogP contribution < -0.4 is 0 Å². The minimum Gasteiger partial charge on any atom is -0.297 e. The van der Waals surface area contributed by atoms with Crippen molar-refractivity contribution < 1.29 is 8.42 Å². The number of hydrogen-bond donors (Lipinski definition) is 0. The molecule has 3 nitrogen and oxygen atoms in total. The van der Waals surface area contributed by atoms with Crippen LogP contribution in [-0.4, -0.2) is 37.2 Å². The Balaban J connectivity index is 2.23. The van der Waals surface area contributed by atoms with Gasteiger partial charge in [0.15, 0.2) is 9.84 Å². The maximum Gasteiger partial charge on any atom is 0.182 e. The van der Waals surface area contributed by atoms with Crippen molar-refractivity contribution in [2.24, 2.45) is 0 Å². The SMILES string of the molecule is CC(C)(C)N1CCCC(S(=O)(=O)c2ccc(Br)cc2)C1. The largest absolute Gasteiger partial charge is 0.297 e. The Bertz CT molecular complexity index is 561. The van der Waals surface area contributed by atoms with Gasteiger partial charge in [0.25, 0.3) is 0 Å². The van der Waals surface area contributed by atoms with Crippen molar-refractivity contribution in [1.82, 2.24) is 4.90 Å². The molecule has 1 heterocycles. The Labute approximate surface area is 130 Å². The van der Waals surface area contributed by atoms with Crippen LogP contribution in [0.1, 0.15) is 33.6 Å². The first-order valence-electron chi connectivity index (χ1n) is 6.96. The van der Waals surface area contributed by atoms with Gasteiger partial charge < -0.3 is 0 Å². The van der Waals surface area contributed by atoms with E-state index in [-0.39, 0.29) is 10.8 Å². The Morgan fingerprint density at radius 3 is 2.35 bits per heavy atom. The molecule has 0 radical (unpaired) electrons. The maximum absolute atomic E-state index is 12.7. The van der Waals surface area contributed by atoms with E-state index in [9.17, 15) is 8.42 Å². The monoisotopic (exact) mass is 359 g/mol. The van der Waals surface area contributed by atoms with Crippen molar-refractivity contribution in [3.63, 3.8) is 0 Å². The lowest BCUT2D eigenvalue weighted by atomic mass is 10.0. The Kier molecular flexibility index (Phi) is 4.62. The van der Waals surface area contributed by atoms with Gasteiger partial charge in [-0.2, -0.15) is 0 Å². The van der Waals surface area contributed by atoms with Gasteiger partial charge in [0.1, 0.15) is 0 Å². The Morgan fingerprint density at radius 2 is 1.80 bits per heavy atom. The zero-order valence-corrected chi connectivity index (χ0v) is 14.7. The number of hydrogen-bond acceptors (Lipinski definition) is 3. The number of likely N-dealkylation sites (tertiary alicyclic amines) is 1. The molecule has 1 atom stereocenters. The Morgan fingerprint density at radius 1 is 1.20 bits per heavy atom. The van der Waals surface area contributed by atoms with Crippen LogP contribution in [0, 0.1) is 0 Å². The summed E-state index contributed by atoms with van der Waals surface area (Å²) in [6.45, 7) is 8.03. The average Bonchev–Trinajstić information content (AvgIpc) is 2.38. The Hall–Kier alpha value is -0.390. The predicted molar refractivity (Wildman–Crippen MR) is 85.7 cm³/mol. The standard InChI is InChI=1S/C15H22BrNO2S/c1-15(2,3)17-10-4-5-14(11-17)20(18,19)13-8-6-12(16)7-9-13/h6-9,14H,4-5,10-11H2,1-3H3. The number of nitrogens with zero attached hydrogens (tertiary/aromatic N) is 1. The molecule has 1 fully saturated rings. The number of benzene rings is 1. The fourth-order valence-electron chi connectivity index (χ4n) is 2.62. The van der Waals surface area contributed by atoms with Crippen LogP contribution in [0.2, 0.25) is 0 Å². The maximum atomic E-state index is 12.7. The highest BCUT2D eigenvalue weighted by Crippen LogP contribution is 2.28. The van der Waals surface area contributed by atoms with Crippen LogP contribution >= 0.6 is 15.9 Å². The summed E-state index contributed by atoms with van der Waals surface area (Å²) < 4.78 is 26.4. The van der Waals surface area contributed by atoms with Gasteiger partial charge in [-0.1, -0.05) is 15.9 Å². The van der Waals surface area contributed by atoms with Crippen LogP contribution in [0.4, 0.5) is 0 Å². The molecule has 0 spiro atoms. The molecular weight excluding hydrogens is 338 g/mol. The fourth-order valence-corrected chi connectivity index (χ4v) is 4.64. The van der Waals surface area contributed by atoms with E-state index in [1.807, 2.05) is 0 Å². The first kappa shape index (κ1) is 16.0. The molecule has 0 N–H and O–H groups in total. The highest BCUT2D eigenvalue weighted by atomic mass is 79.9. The summed E-state index contributed by atoms with van der Waals surface area (Å²) in [4.78, 5) is 2.71. The van der Waals surface area contributed by atoms with Crippen LogP contribution in [0.3, 0.4) is 0 Å². The summed E-state index contributed by atoms with van der Waals surface area (Å²) in [6, 6.07) is 6.96. The third-order valence-electron chi connectivity index (χ3n) is 3.91.